The molecule has 9 nitrogen and oxygen atoms in total. The number of hydrogen-bond donors (Lipinski definition) is 1. The zero-order valence-electron chi connectivity index (χ0n) is 18.6. The highest BCUT2D eigenvalue weighted by atomic mass is 32.2. The molecule has 0 fully saturated rings. The number of carbonyl (C=O) groups is 1. The molecule has 11 heteroatoms. The summed E-state index contributed by atoms with van der Waals surface area (Å²) in [4.78, 5) is 29.0. The minimum Gasteiger partial charge on any atom is -0.505 e. The van der Waals surface area contributed by atoms with Crippen LogP contribution in [-0.2, 0) is 34.8 Å². The smallest absolute Gasteiger partial charge is 0.347 e. The van der Waals surface area contributed by atoms with Crippen molar-refractivity contribution < 1.29 is 27.4 Å². The highest BCUT2D eigenvalue weighted by Crippen LogP contribution is 2.26. The number of pyridine rings is 2. The molecule has 1 aromatic carbocycles. The lowest BCUT2D eigenvalue weighted by atomic mass is 10.00. The quantitative estimate of drug-likeness (QED) is 0.517. The third-order valence-corrected chi connectivity index (χ3v) is 6.53. The third-order valence-electron chi connectivity index (χ3n) is 5.27. The van der Waals surface area contributed by atoms with E-state index in [0.29, 0.717) is 22.2 Å². The predicted octanol–water partition coefficient (Wildman–Crippen LogP) is 1.94. The van der Waals surface area contributed by atoms with Crippen LogP contribution in [0.2, 0.25) is 0 Å². The van der Waals surface area contributed by atoms with Gasteiger partial charge in [0.05, 0.1) is 18.4 Å². The summed E-state index contributed by atoms with van der Waals surface area (Å²) in [6.45, 7) is 1.61. The van der Waals surface area contributed by atoms with Gasteiger partial charge in [-0.25, -0.2) is 21.9 Å². The van der Waals surface area contributed by atoms with Gasteiger partial charge in [0.25, 0.3) is 5.56 Å². The summed E-state index contributed by atoms with van der Waals surface area (Å²) in [7, 11) is -0.617. The molecule has 0 aliphatic heterocycles. The maximum Gasteiger partial charge on any atom is 0.347 e. The Bertz CT molecular complexity index is 1400. The number of benzene rings is 1. The summed E-state index contributed by atoms with van der Waals surface area (Å²) in [6.07, 6.45) is 2.80. The molecular formula is C22H24FN3O6S. The van der Waals surface area contributed by atoms with Crippen molar-refractivity contribution >= 4 is 27.0 Å². The number of halogens is 1. The summed E-state index contributed by atoms with van der Waals surface area (Å²) in [5.41, 5.74) is 0.921. The van der Waals surface area contributed by atoms with Crippen LogP contribution in [0.3, 0.4) is 0 Å². The molecule has 0 saturated heterocycles. The molecule has 2 aromatic heterocycles. The van der Waals surface area contributed by atoms with E-state index in [-0.39, 0.29) is 25.1 Å². The summed E-state index contributed by atoms with van der Waals surface area (Å²) in [5, 5.41) is 10.5. The van der Waals surface area contributed by atoms with Gasteiger partial charge in [-0.15, -0.1) is 0 Å². The molecule has 0 atom stereocenters. The Hall–Kier alpha value is -3.31. The second-order valence-corrected chi connectivity index (χ2v) is 9.72. The monoisotopic (exact) mass is 477 g/mol. The first-order valence-corrected chi connectivity index (χ1v) is 11.8. The van der Waals surface area contributed by atoms with Crippen molar-refractivity contribution in [2.24, 2.45) is 7.05 Å². The zero-order chi connectivity index (χ0) is 24.5. The number of nitrogens with zero attached hydrogens (tertiary/aromatic N) is 3. The van der Waals surface area contributed by atoms with E-state index in [0.717, 1.165) is 10.6 Å². The van der Waals surface area contributed by atoms with Gasteiger partial charge in [-0.3, -0.25) is 9.78 Å². The van der Waals surface area contributed by atoms with Crippen LogP contribution in [0.25, 0.3) is 11.0 Å². The van der Waals surface area contributed by atoms with E-state index < -0.39 is 38.7 Å². The van der Waals surface area contributed by atoms with Gasteiger partial charge >= 0.3 is 5.97 Å². The van der Waals surface area contributed by atoms with Crippen LogP contribution in [0.4, 0.5) is 4.39 Å². The van der Waals surface area contributed by atoms with Crippen molar-refractivity contribution in [1.29, 1.82) is 0 Å². The molecule has 0 unspecified atom stereocenters. The minimum atomic E-state index is -3.47. The van der Waals surface area contributed by atoms with Crippen LogP contribution in [0.1, 0.15) is 34.0 Å². The largest absolute Gasteiger partial charge is 0.505 e. The van der Waals surface area contributed by atoms with Gasteiger partial charge in [-0.1, -0.05) is 6.07 Å². The molecule has 0 saturated carbocycles. The van der Waals surface area contributed by atoms with Crippen LogP contribution in [0, 0.1) is 5.82 Å². The highest BCUT2D eigenvalue weighted by Gasteiger charge is 2.23. The molecule has 2 heterocycles. The third kappa shape index (κ3) is 5.04. The lowest BCUT2D eigenvalue weighted by molar-refractivity contribution is 0.0520. The van der Waals surface area contributed by atoms with E-state index >= 15 is 0 Å². The molecule has 176 valence electrons. The van der Waals surface area contributed by atoms with Crippen LogP contribution in [0.5, 0.6) is 5.75 Å². The lowest BCUT2D eigenvalue weighted by Gasteiger charge is -2.17. The Balaban J connectivity index is 2.05. The average molecular weight is 478 g/mol. The van der Waals surface area contributed by atoms with Crippen LogP contribution >= 0.6 is 0 Å². The summed E-state index contributed by atoms with van der Waals surface area (Å²) < 4.78 is 44.6. The number of esters is 1. The lowest BCUT2D eigenvalue weighted by Crippen LogP contribution is -2.26. The average Bonchev–Trinajstić information content (AvgIpc) is 2.73. The Kier molecular flexibility index (Phi) is 6.84. The first-order chi connectivity index (χ1) is 15.4. The molecule has 3 rings (SSSR count). The first-order valence-electron chi connectivity index (χ1n) is 10.00. The maximum absolute atomic E-state index is 13.9. The van der Waals surface area contributed by atoms with Crippen molar-refractivity contribution in [1.82, 2.24) is 13.9 Å². The maximum atomic E-state index is 13.9. The van der Waals surface area contributed by atoms with E-state index in [9.17, 15) is 27.5 Å². The van der Waals surface area contributed by atoms with Gasteiger partial charge in [0.1, 0.15) is 11.3 Å². The van der Waals surface area contributed by atoms with E-state index in [2.05, 4.69) is 4.98 Å². The number of aromatic nitrogens is 2. The zero-order valence-corrected chi connectivity index (χ0v) is 19.4. The van der Waals surface area contributed by atoms with Crippen molar-refractivity contribution in [3.05, 3.63) is 68.9 Å². The van der Waals surface area contributed by atoms with Crippen molar-refractivity contribution in [2.45, 2.75) is 19.9 Å². The van der Waals surface area contributed by atoms with Crippen LogP contribution < -0.4 is 5.56 Å². The Morgan fingerprint density at radius 3 is 2.61 bits per heavy atom. The highest BCUT2D eigenvalue weighted by molar-refractivity contribution is 7.88. The van der Waals surface area contributed by atoms with Gasteiger partial charge in [-0.2, -0.15) is 0 Å². The minimum absolute atomic E-state index is 0.0187. The fourth-order valence-electron chi connectivity index (χ4n) is 3.40. The second kappa shape index (κ2) is 9.28. The van der Waals surface area contributed by atoms with Crippen LogP contribution in [0.15, 0.2) is 35.3 Å². The van der Waals surface area contributed by atoms with Crippen molar-refractivity contribution in [3.63, 3.8) is 0 Å². The van der Waals surface area contributed by atoms with E-state index in [1.54, 1.807) is 19.1 Å². The fourth-order valence-corrected chi connectivity index (χ4v) is 3.78. The predicted molar refractivity (Wildman–Crippen MR) is 120 cm³/mol. The molecule has 0 bridgehead atoms. The number of carbonyl (C=O) groups excluding carboxylic acids is 1. The molecule has 0 amide bonds. The molecule has 0 radical (unpaired) electrons. The van der Waals surface area contributed by atoms with Gasteiger partial charge in [0, 0.05) is 26.8 Å². The summed E-state index contributed by atoms with van der Waals surface area (Å²) in [5.74, 6) is -1.99. The number of aromatic hydroxyl groups is 1. The first kappa shape index (κ1) is 24.3. The molecule has 0 aliphatic carbocycles. The van der Waals surface area contributed by atoms with E-state index in [4.69, 9.17) is 4.74 Å². The summed E-state index contributed by atoms with van der Waals surface area (Å²) >= 11 is 0. The number of rotatable bonds is 7. The Morgan fingerprint density at radius 1 is 1.27 bits per heavy atom. The number of ether oxygens (including phenoxy) is 1. The normalized spacial score (nSPS) is 11.8. The van der Waals surface area contributed by atoms with Gasteiger partial charge in [0.2, 0.25) is 10.0 Å². The van der Waals surface area contributed by atoms with Crippen molar-refractivity contribution in [3.8, 4) is 5.75 Å². The molecular weight excluding hydrogens is 453 g/mol. The Morgan fingerprint density at radius 2 is 1.97 bits per heavy atom. The topological polar surface area (TPSA) is 119 Å². The van der Waals surface area contributed by atoms with Gasteiger partial charge < -0.3 is 14.4 Å². The van der Waals surface area contributed by atoms with E-state index in [1.165, 1.54) is 37.0 Å². The molecule has 33 heavy (non-hydrogen) atoms. The standard InChI is InChI=1S/C22H24FN3O6S/c1-5-32-22(29)18-20(27)19-17(26(3)21(18)28)9-13(11-24-19)8-14-6-7-16(23)10-15(14)12-25(2)33(4,30)31/h6-7,9-11,27H,5,8,12H2,1-4H3. The number of fused-ring (bicyclic) bond motifs is 1. The van der Waals surface area contributed by atoms with Crippen LogP contribution in [-0.4, -0.2) is 53.3 Å². The van der Waals surface area contributed by atoms with Gasteiger partial charge in [0.15, 0.2) is 11.3 Å². The number of hydrogen-bond acceptors (Lipinski definition) is 7. The van der Waals surface area contributed by atoms with Gasteiger partial charge in [-0.05, 0) is 48.2 Å². The molecule has 1 N–H and O–H groups in total. The molecule has 0 aliphatic rings. The Labute approximate surface area is 190 Å². The van der Waals surface area contributed by atoms with Crippen molar-refractivity contribution in [2.75, 3.05) is 19.9 Å². The SMILES string of the molecule is CCOC(=O)c1c(O)c2ncc(Cc3ccc(F)cc3CN(C)S(C)(=O)=O)cc2n(C)c1=O. The fraction of sp³-hybridized carbons (Fsp3) is 0.318. The second-order valence-electron chi connectivity index (χ2n) is 7.63. The molecule has 3 aromatic rings. The number of sulfonamides is 1. The molecule has 0 spiro atoms. The number of aryl methyl sites for hydroxylation is 1. The summed E-state index contributed by atoms with van der Waals surface area (Å²) in [6, 6.07) is 5.75. The van der Waals surface area contributed by atoms with E-state index in [1.807, 2.05) is 0 Å².